The first-order chi connectivity index (χ1) is 7.80. The van der Waals surface area contributed by atoms with Crippen LogP contribution in [-0.4, -0.2) is 11.7 Å². The average Bonchev–Trinajstić information content (AvgIpc) is 2.28. The van der Waals surface area contributed by atoms with Crippen molar-refractivity contribution in [2.75, 3.05) is 6.61 Å². The summed E-state index contributed by atoms with van der Waals surface area (Å²) in [6.45, 7) is 12.6. The van der Waals surface area contributed by atoms with Crippen molar-refractivity contribution < 1.29 is 5.11 Å². The molecular formula is C16H24O. The molecule has 1 unspecified atom stereocenters. The molecule has 0 saturated heterocycles. The summed E-state index contributed by atoms with van der Waals surface area (Å²) in [5, 5.41) is 9.36. The minimum absolute atomic E-state index is 0.136. The van der Waals surface area contributed by atoms with Crippen LogP contribution in [0.1, 0.15) is 38.8 Å². The van der Waals surface area contributed by atoms with Gasteiger partial charge < -0.3 is 5.11 Å². The molecule has 94 valence electrons. The SMILES string of the molecule is C=CC(C)(CO)Cc1ccc(C(C)(C)C)cc1. The number of hydrogen-bond donors (Lipinski definition) is 1. The quantitative estimate of drug-likeness (QED) is 0.785. The third kappa shape index (κ3) is 3.71. The summed E-state index contributed by atoms with van der Waals surface area (Å²) < 4.78 is 0. The molecule has 0 aromatic heterocycles. The van der Waals surface area contributed by atoms with Crippen LogP contribution in [0.5, 0.6) is 0 Å². The summed E-state index contributed by atoms with van der Waals surface area (Å²) >= 11 is 0. The highest BCUT2D eigenvalue weighted by Crippen LogP contribution is 2.26. The van der Waals surface area contributed by atoms with Gasteiger partial charge in [0.05, 0.1) is 6.61 Å². The van der Waals surface area contributed by atoms with Gasteiger partial charge in [-0.05, 0) is 23.0 Å². The molecule has 0 heterocycles. The zero-order chi connectivity index (χ0) is 13.1. The summed E-state index contributed by atoms with van der Waals surface area (Å²) in [4.78, 5) is 0. The molecule has 0 radical (unpaired) electrons. The summed E-state index contributed by atoms with van der Waals surface area (Å²) in [6, 6.07) is 8.66. The molecule has 0 aliphatic rings. The van der Waals surface area contributed by atoms with Crippen LogP contribution in [0.3, 0.4) is 0 Å². The van der Waals surface area contributed by atoms with Crippen molar-refractivity contribution in [3.8, 4) is 0 Å². The Balaban J connectivity index is 2.86. The van der Waals surface area contributed by atoms with E-state index in [1.165, 1.54) is 11.1 Å². The van der Waals surface area contributed by atoms with Gasteiger partial charge in [0, 0.05) is 5.41 Å². The smallest absolute Gasteiger partial charge is 0.0522 e. The van der Waals surface area contributed by atoms with E-state index in [0.29, 0.717) is 0 Å². The minimum Gasteiger partial charge on any atom is -0.395 e. The Kier molecular flexibility index (Phi) is 4.16. The van der Waals surface area contributed by atoms with Crippen LogP contribution >= 0.6 is 0 Å². The van der Waals surface area contributed by atoms with Crippen molar-refractivity contribution in [3.63, 3.8) is 0 Å². The Morgan fingerprint density at radius 3 is 2.00 bits per heavy atom. The maximum atomic E-state index is 9.36. The Labute approximate surface area is 105 Å². The maximum absolute atomic E-state index is 9.36. The Morgan fingerprint density at radius 2 is 1.65 bits per heavy atom. The summed E-state index contributed by atoms with van der Waals surface area (Å²) in [7, 11) is 0. The number of aliphatic hydroxyl groups excluding tert-OH is 1. The molecule has 1 aromatic carbocycles. The van der Waals surface area contributed by atoms with Gasteiger partial charge in [-0.1, -0.05) is 58.0 Å². The van der Waals surface area contributed by atoms with Crippen molar-refractivity contribution in [1.82, 2.24) is 0 Å². The first-order valence-electron chi connectivity index (χ1n) is 6.15. The van der Waals surface area contributed by atoms with Gasteiger partial charge in [-0.2, -0.15) is 0 Å². The van der Waals surface area contributed by atoms with Gasteiger partial charge in [-0.25, -0.2) is 0 Å². The van der Waals surface area contributed by atoms with Crippen molar-refractivity contribution >= 4 is 0 Å². The van der Waals surface area contributed by atoms with Crippen LogP contribution in [-0.2, 0) is 11.8 Å². The molecular weight excluding hydrogens is 208 g/mol. The predicted molar refractivity (Wildman–Crippen MR) is 74.2 cm³/mol. The molecule has 1 N–H and O–H groups in total. The molecule has 1 aromatic rings. The highest BCUT2D eigenvalue weighted by Gasteiger charge is 2.20. The molecule has 17 heavy (non-hydrogen) atoms. The number of benzene rings is 1. The second kappa shape index (κ2) is 5.05. The highest BCUT2D eigenvalue weighted by molar-refractivity contribution is 5.28. The van der Waals surface area contributed by atoms with E-state index >= 15 is 0 Å². The van der Waals surface area contributed by atoms with Crippen LogP contribution in [0.2, 0.25) is 0 Å². The fourth-order valence-corrected chi connectivity index (χ4v) is 1.78. The van der Waals surface area contributed by atoms with Crippen LogP contribution in [0, 0.1) is 5.41 Å². The molecule has 1 heteroatoms. The fraction of sp³-hybridized carbons (Fsp3) is 0.500. The molecule has 0 aliphatic carbocycles. The van der Waals surface area contributed by atoms with Gasteiger partial charge in [-0.15, -0.1) is 6.58 Å². The molecule has 1 nitrogen and oxygen atoms in total. The minimum atomic E-state index is -0.219. The monoisotopic (exact) mass is 232 g/mol. The van der Waals surface area contributed by atoms with Gasteiger partial charge in [0.1, 0.15) is 0 Å². The lowest BCUT2D eigenvalue weighted by atomic mass is 9.82. The lowest BCUT2D eigenvalue weighted by Crippen LogP contribution is -2.21. The summed E-state index contributed by atoms with van der Waals surface area (Å²) in [5.74, 6) is 0. The zero-order valence-corrected chi connectivity index (χ0v) is 11.5. The van der Waals surface area contributed by atoms with E-state index in [0.717, 1.165) is 6.42 Å². The lowest BCUT2D eigenvalue weighted by Gasteiger charge is -2.24. The lowest BCUT2D eigenvalue weighted by molar-refractivity contribution is 0.184. The number of aliphatic hydroxyl groups is 1. The third-order valence-corrected chi connectivity index (χ3v) is 3.28. The third-order valence-electron chi connectivity index (χ3n) is 3.28. The zero-order valence-electron chi connectivity index (χ0n) is 11.5. The van der Waals surface area contributed by atoms with E-state index in [9.17, 15) is 5.11 Å². The average molecular weight is 232 g/mol. The van der Waals surface area contributed by atoms with Crippen molar-refractivity contribution in [3.05, 3.63) is 48.0 Å². The Hall–Kier alpha value is -1.08. The van der Waals surface area contributed by atoms with E-state index in [1.807, 2.05) is 13.0 Å². The molecule has 0 amide bonds. The van der Waals surface area contributed by atoms with Gasteiger partial charge in [0.15, 0.2) is 0 Å². The van der Waals surface area contributed by atoms with Crippen LogP contribution in [0.25, 0.3) is 0 Å². The molecule has 1 rings (SSSR count). The molecule has 1 atom stereocenters. The first-order valence-corrected chi connectivity index (χ1v) is 6.15. The van der Waals surface area contributed by atoms with Gasteiger partial charge in [0.25, 0.3) is 0 Å². The molecule has 0 spiro atoms. The topological polar surface area (TPSA) is 20.2 Å². The fourth-order valence-electron chi connectivity index (χ4n) is 1.78. The Morgan fingerprint density at radius 1 is 1.12 bits per heavy atom. The van der Waals surface area contributed by atoms with Gasteiger partial charge in [-0.3, -0.25) is 0 Å². The summed E-state index contributed by atoms with van der Waals surface area (Å²) in [6.07, 6.45) is 2.67. The standard InChI is InChI=1S/C16H24O/c1-6-16(5,12-17)11-13-7-9-14(10-8-13)15(2,3)4/h6-10,17H,1,11-12H2,2-5H3. The van der Waals surface area contributed by atoms with E-state index in [4.69, 9.17) is 0 Å². The van der Waals surface area contributed by atoms with Crippen LogP contribution < -0.4 is 0 Å². The van der Waals surface area contributed by atoms with Crippen LogP contribution in [0.15, 0.2) is 36.9 Å². The van der Waals surface area contributed by atoms with Crippen molar-refractivity contribution in [1.29, 1.82) is 0 Å². The van der Waals surface area contributed by atoms with E-state index in [1.54, 1.807) is 0 Å². The van der Waals surface area contributed by atoms with E-state index in [2.05, 4.69) is 51.6 Å². The largest absolute Gasteiger partial charge is 0.395 e. The molecule has 0 fully saturated rings. The van der Waals surface area contributed by atoms with E-state index in [-0.39, 0.29) is 17.4 Å². The second-order valence-electron chi connectivity index (χ2n) is 6.14. The highest BCUT2D eigenvalue weighted by atomic mass is 16.3. The molecule has 0 saturated carbocycles. The van der Waals surface area contributed by atoms with Crippen LogP contribution in [0.4, 0.5) is 0 Å². The number of hydrogen-bond acceptors (Lipinski definition) is 1. The molecule has 0 aliphatic heterocycles. The summed E-state index contributed by atoms with van der Waals surface area (Å²) in [5.41, 5.74) is 2.56. The van der Waals surface area contributed by atoms with E-state index < -0.39 is 0 Å². The Bertz CT molecular complexity index is 370. The number of rotatable bonds is 4. The van der Waals surface area contributed by atoms with Crippen molar-refractivity contribution in [2.45, 2.75) is 39.5 Å². The van der Waals surface area contributed by atoms with Gasteiger partial charge >= 0.3 is 0 Å². The van der Waals surface area contributed by atoms with Crippen molar-refractivity contribution in [2.24, 2.45) is 5.41 Å². The predicted octanol–water partition coefficient (Wildman–Crippen LogP) is 3.71. The normalized spacial score (nSPS) is 15.4. The molecule has 0 bridgehead atoms. The second-order valence-corrected chi connectivity index (χ2v) is 6.14. The first kappa shape index (κ1) is 14.0. The maximum Gasteiger partial charge on any atom is 0.0522 e. The van der Waals surface area contributed by atoms with Gasteiger partial charge in [0.2, 0.25) is 0 Å².